The fourth-order valence-electron chi connectivity index (χ4n) is 1.77. The van der Waals surface area contributed by atoms with Crippen molar-refractivity contribution in [3.8, 4) is 11.5 Å². The Kier molecular flexibility index (Phi) is 4.49. The second-order valence-electron chi connectivity index (χ2n) is 4.67. The van der Waals surface area contributed by atoms with Gasteiger partial charge < -0.3 is 20.1 Å². The largest absolute Gasteiger partial charge is 0.493 e. The number of carbonyl (C=O) groups excluding carboxylic acids is 1. The summed E-state index contributed by atoms with van der Waals surface area (Å²) in [6.07, 6.45) is 2.48. The molecule has 1 amide bonds. The molecule has 104 valence electrons. The molecule has 0 spiro atoms. The van der Waals surface area contributed by atoms with E-state index in [1.165, 1.54) is 12.8 Å². The SMILES string of the molecule is COc1ccc(NCC(=O)NCC2CC2)cc1OC. The van der Waals surface area contributed by atoms with Crippen LogP contribution in [0.1, 0.15) is 12.8 Å². The molecule has 5 nitrogen and oxygen atoms in total. The van der Waals surface area contributed by atoms with Gasteiger partial charge in [-0.25, -0.2) is 0 Å². The van der Waals surface area contributed by atoms with E-state index in [1.54, 1.807) is 14.2 Å². The van der Waals surface area contributed by atoms with Gasteiger partial charge in [0.15, 0.2) is 11.5 Å². The minimum Gasteiger partial charge on any atom is -0.493 e. The maximum atomic E-state index is 11.6. The van der Waals surface area contributed by atoms with E-state index in [9.17, 15) is 4.79 Å². The summed E-state index contributed by atoms with van der Waals surface area (Å²) in [5, 5.41) is 5.98. The standard InChI is InChI=1S/C14H20N2O3/c1-18-12-6-5-11(7-13(12)19-2)15-9-14(17)16-8-10-3-4-10/h5-7,10,15H,3-4,8-9H2,1-2H3,(H,16,17). The van der Waals surface area contributed by atoms with E-state index in [-0.39, 0.29) is 12.5 Å². The van der Waals surface area contributed by atoms with Crippen LogP contribution in [0.25, 0.3) is 0 Å². The van der Waals surface area contributed by atoms with Crippen LogP contribution in [0.2, 0.25) is 0 Å². The van der Waals surface area contributed by atoms with E-state index in [0.29, 0.717) is 17.4 Å². The van der Waals surface area contributed by atoms with Crippen LogP contribution in [0.4, 0.5) is 5.69 Å². The predicted octanol–water partition coefficient (Wildman–Crippen LogP) is 1.64. The number of benzene rings is 1. The molecule has 1 saturated carbocycles. The Morgan fingerprint density at radius 3 is 2.63 bits per heavy atom. The lowest BCUT2D eigenvalue weighted by Crippen LogP contribution is -2.31. The summed E-state index contributed by atoms with van der Waals surface area (Å²) in [7, 11) is 3.18. The molecule has 0 aliphatic heterocycles. The molecule has 2 rings (SSSR count). The molecular formula is C14H20N2O3. The van der Waals surface area contributed by atoms with Gasteiger partial charge in [0.25, 0.3) is 0 Å². The Morgan fingerprint density at radius 2 is 2.00 bits per heavy atom. The Balaban J connectivity index is 1.82. The van der Waals surface area contributed by atoms with Crippen molar-refractivity contribution in [1.82, 2.24) is 5.32 Å². The quantitative estimate of drug-likeness (QED) is 0.786. The van der Waals surface area contributed by atoms with Gasteiger partial charge in [0.1, 0.15) is 0 Å². The highest BCUT2D eigenvalue weighted by Gasteiger charge is 2.21. The van der Waals surface area contributed by atoms with Gasteiger partial charge in [0, 0.05) is 18.3 Å². The molecule has 0 bridgehead atoms. The van der Waals surface area contributed by atoms with Crippen LogP contribution in [0.3, 0.4) is 0 Å². The van der Waals surface area contributed by atoms with E-state index in [2.05, 4.69) is 10.6 Å². The molecular weight excluding hydrogens is 244 g/mol. The van der Waals surface area contributed by atoms with E-state index < -0.39 is 0 Å². The van der Waals surface area contributed by atoms with Gasteiger partial charge in [-0.15, -0.1) is 0 Å². The molecule has 2 N–H and O–H groups in total. The average molecular weight is 264 g/mol. The van der Waals surface area contributed by atoms with Crippen molar-refractivity contribution >= 4 is 11.6 Å². The van der Waals surface area contributed by atoms with Crippen molar-refractivity contribution in [2.45, 2.75) is 12.8 Å². The van der Waals surface area contributed by atoms with Crippen LogP contribution >= 0.6 is 0 Å². The van der Waals surface area contributed by atoms with Gasteiger partial charge in [-0.05, 0) is 30.9 Å². The molecule has 5 heteroatoms. The van der Waals surface area contributed by atoms with Crippen molar-refractivity contribution in [2.75, 3.05) is 32.6 Å². The highest BCUT2D eigenvalue weighted by molar-refractivity contribution is 5.80. The van der Waals surface area contributed by atoms with Gasteiger partial charge in [0.2, 0.25) is 5.91 Å². The Morgan fingerprint density at radius 1 is 1.26 bits per heavy atom. The molecule has 0 aromatic heterocycles. The number of hydrogen-bond donors (Lipinski definition) is 2. The maximum absolute atomic E-state index is 11.6. The van der Waals surface area contributed by atoms with Crippen LogP contribution in [0.15, 0.2) is 18.2 Å². The van der Waals surface area contributed by atoms with Gasteiger partial charge in [0.05, 0.1) is 20.8 Å². The minimum atomic E-state index is 0.0154. The molecule has 1 aromatic carbocycles. The monoisotopic (exact) mass is 264 g/mol. The number of ether oxygens (including phenoxy) is 2. The number of carbonyl (C=O) groups is 1. The van der Waals surface area contributed by atoms with Gasteiger partial charge in [-0.3, -0.25) is 4.79 Å². The Labute approximate surface area is 113 Å². The molecule has 19 heavy (non-hydrogen) atoms. The van der Waals surface area contributed by atoms with Gasteiger partial charge in [-0.1, -0.05) is 0 Å². The molecule has 1 aromatic rings. The average Bonchev–Trinajstić information content (AvgIpc) is 3.26. The third kappa shape index (κ3) is 4.05. The summed E-state index contributed by atoms with van der Waals surface area (Å²) < 4.78 is 10.4. The molecule has 0 saturated heterocycles. The molecule has 0 radical (unpaired) electrons. The van der Waals surface area contributed by atoms with Crippen molar-refractivity contribution < 1.29 is 14.3 Å². The van der Waals surface area contributed by atoms with Gasteiger partial charge >= 0.3 is 0 Å². The summed E-state index contributed by atoms with van der Waals surface area (Å²) in [5.41, 5.74) is 0.833. The lowest BCUT2D eigenvalue weighted by Gasteiger charge is -2.11. The zero-order valence-corrected chi connectivity index (χ0v) is 11.4. The van der Waals surface area contributed by atoms with E-state index in [0.717, 1.165) is 12.2 Å². The number of hydrogen-bond acceptors (Lipinski definition) is 4. The molecule has 1 aliphatic carbocycles. The van der Waals surface area contributed by atoms with Crippen molar-refractivity contribution in [2.24, 2.45) is 5.92 Å². The lowest BCUT2D eigenvalue weighted by atomic mass is 10.2. The summed E-state index contributed by atoms with van der Waals surface area (Å²) in [6.45, 7) is 1.06. The fourth-order valence-corrected chi connectivity index (χ4v) is 1.77. The van der Waals surface area contributed by atoms with Crippen LogP contribution in [-0.4, -0.2) is 33.2 Å². The molecule has 0 heterocycles. The molecule has 0 atom stereocenters. The minimum absolute atomic E-state index is 0.0154. The zero-order valence-electron chi connectivity index (χ0n) is 11.4. The van der Waals surface area contributed by atoms with Crippen LogP contribution in [0.5, 0.6) is 11.5 Å². The Bertz CT molecular complexity index is 444. The second-order valence-corrected chi connectivity index (χ2v) is 4.67. The van der Waals surface area contributed by atoms with Crippen LogP contribution in [-0.2, 0) is 4.79 Å². The number of amides is 1. The third-order valence-electron chi connectivity index (χ3n) is 3.12. The van der Waals surface area contributed by atoms with Crippen LogP contribution in [0, 0.1) is 5.92 Å². The maximum Gasteiger partial charge on any atom is 0.239 e. The first-order valence-electron chi connectivity index (χ1n) is 6.45. The van der Waals surface area contributed by atoms with Crippen molar-refractivity contribution in [3.05, 3.63) is 18.2 Å². The van der Waals surface area contributed by atoms with E-state index in [4.69, 9.17) is 9.47 Å². The summed E-state index contributed by atoms with van der Waals surface area (Å²) in [4.78, 5) is 11.6. The number of anilines is 1. The predicted molar refractivity (Wildman–Crippen MR) is 73.8 cm³/mol. The van der Waals surface area contributed by atoms with Crippen molar-refractivity contribution in [3.63, 3.8) is 0 Å². The van der Waals surface area contributed by atoms with Gasteiger partial charge in [-0.2, -0.15) is 0 Å². The topological polar surface area (TPSA) is 59.6 Å². The molecule has 1 aliphatic rings. The zero-order chi connectivity index (χ0) is 13.7. The molecule has 0 unspecified atom stereocenters. The highest BCUT2D eigenvalue weighted by atomic mass is 16.5. The summed E-state index contributed by atoms with van der Waals surface area (Å²) in [6, 6.07) is 5.48. The first-order valence-corrected chi connectivity index (χ1v) is 6.45. The fraction of sp³-hybridized carbons (Fsp3) is 0.500. The van der Waals surface area contributed by atoms with E-state index in [1.807, 2.05) is 18.2 Å². The number of rotatable bonds is 7. The highest BCUT2D eigenvalue weighted by Crippen LogP contribution is 2.29. The Hall–Kier alpha value is -1.91. The second kappa shape index (κ2) is 6.31. The summed E-state index contributed by atoms with van der Waals surface area (Å²) in [5.74, 6) is 2.03. The third-order valence-corrected chi connectivity index (χ3v) is 3.12. The number of methoxy groups -OCH3 is 2. The van der Waals surface area contributed by atoms with Crippen LogP contribution < -0.4 is 20.1 Å². The smallest absolute Gasteiger partial charge is 0.239 e. The number of nitrogens with one attached hydrogen (secondary N) is 2. The van der Waals surface area contributed by atoms with Crippen molar-refractivity contribution in [1.29, 1.82) is 0 Å². The molecule has 1 fully saturated rings. The first kappa shape index (κ1) is 13.5. The lowest BCUT2D eigenvalue weighted by molar-refractivity contribution is -0.119. The first-order chi connectivity index (χ1) is 9.22. The normalized spacial score (nSPS) is 13.8. The summed E-state index contributed by atoms with van der Waals surface area (Å²) >= 11 is 0. The van der Waals surface area contributed by atoms with E-state index >= 15 is 0 Å².